The number of rotatable bonds is 4. The van der Waals surface area contributed by atoms with Crippen LogP contribution < -0.4 is 5.32 Å². The van der Waals surface area contributed by atoms with Crippen molar-refractivity contribution in [3.63, 3.8) is 0 Å². The van der Waals surface area contributed by atoms with Gasteiger partial charge in [0.2, 0.25) is 5.91 Å². The van der Waals surface area contributed by atoms with Crippen LogP contribution in [0.4, 0.5) is 10.5 Å². The lowest BCUT2D eigenvalue weighted by atomic mass is 10.0. The monoisotopic (exact) mass is 354 g/mol. The van der Waals surface area contributed by atoms with Crippen molar-refractivity contribution in [3.05, 3.63) is 36.0 Å². The number of likely N-dealkylation sites (N-methyl/N-ethyl adjacent to an activating group) is 1. The fraction of sp³-hybridized carbons (Fsp3) is 0.450. The molecular weight excluding hydrogens is 328 g/mol. The highest BCUT2D eigenvalue weighted by atomic mass is 16.2. The van der Waals surface area contributed by atoms with Gasteiger partial charge in [-0.2, -0.15) is 0 Å². The lowest BCUT2D eigenvalue weighted by Gasteiger charge is -2.39. The van der Waals surface area contributed by atoms with Gasteiger partial charge in [-0.05, 0) is 37.1 Å². The van der Waals surface area contributed by atoms with Crippen LogP contribution in [0.3, 0.4) is 0 Å². The first-order chi connectivity index (χ1) is 12.5. The summed E-state index contributed by atoms with van der Waals surface area (Å²) in [5, 5.41) is 3.91. The minimum absolute atomic E-state index is 0.0234. The predicted molar refractivity (Wildman–Crippen MR) is 103 cm³/mol. The van der Waals surface area contributed by atoms with Crippen LogP contribution in [0.25, 0.3) is 10.9 Å². The molecule has 1 N–H and O–H groups in total. The lowest BCUT2D eigenvalue weighted by Crippen LogP contribution is -2.58. The summed E-state index contributed by atoms with van der Waals surface area (Å²) < 4.78 is 0. The Balaban J connectivity index is 1.85. The van der Waals surface area contributed by atoms with E-state index < -0.39 is 0 Å². The Bertz CT molecular complexity index is 821. The summed E-state index contributed by atoms with van der Waals surface area (Å²) in [5.74, 6) is 0.0234. The van der Waals surface area contributed by atoms with Gasteiger partial charge in [0, 0.05) is 31.7 Å². The van der Waals surface area contributed by atoms with Crippen molar-refractivity contribution < 1.29 is 9.59 Å². The predicted octanol–water partition coefficient (Wildman–Crippen LogP) is 3.41. The number of fused-ring (bicyclic) bond motifs is 1. The van der Waals surface area contributed by atoms with E-state index in [4.69, 9.17) is 0 Å². The van der Waals surface area contributed by atoms with Crippen LogP contribution in [0, 0.1) is 6.92 Å². The largest absolute Gasteiger partial charge is 0.342 e. The van der Waals surface area contributed by atoms with Crippen molar-refractivity contribution in [2.75, 3.05) is 25.5 Å². The van der Waals surface area contributed by atoms with E-state index in [0.29, 0.717) is 19.5 Å². The second-order valence-electron chi connectivity index (χ2n) is 6.87. The molecule has 1 atom stereocenters. The molecule has 1 aliphatic heterocycles. The molecule has 2 heterocycles. The van der Waals surface area contributed by atoms with Crippen molar-refractivity contribution in [1.29, 1.82) is 0 Å². The van der Waals surface area contributed by atoms with Crippen molar-refractivity contribution in [2.45, 2.75) is 39.2 Å². The molecule has 3 rings (SSSR count). The zero-order chi connectivity index (χ0) is 18.7. The maximum atomic E-state index is 12.9. The number of aromatic nitrogens is 1. The average molecular weight is 354 g/mol. The van der Waals surface area contributed by atoms with Crippen LogP contribution in [0.2, 0.25) is 0 Å². The van der Waals surface area contributed by atoms with E-state index in [1.165, 1.54) is 0 Å². The Morgan fingerprint density at radius 3 is 2.88 bits per heavy atom. The normalized spacial score (nSPS) is 17.7. The molecule has 3 amide bonds. The fourth-order valence-electron chi connectivity index (χ4n) is 3.44. The summed E-state index contributed by atoms with van der Waals surface area (Å²) in [7, 11) is 1.80. The van der Waals surface area contributed by atoms with Crippen LogP contribution in [-0.4, -0.2) is 52.9 Å². The zero-order valence-electron chi connectivity index (χ0n) is 15.7. The number of amides is 3. The first-order valence-electron chi connectivity index (χ1n) is 9.20. The molecule has 1 aromatic carbocycles. The summed E-state index contributed by atoms with van der Waals surface area (Å²) in [6, 6.07) is 7.06. The van der Waals surface area contributed by atoms with Crippen LogP contribution in [0.1, 0.15) is 31.7 Å². The third-order valence-corrected chi connectivity index (χ3v) is 5.02. The van der Waals surface area contributed by atoms with Gasteiger partial charge < -0.3 is 15.1 Å². The Hall–Kier alpha value is -2.63. The molecule has 0 spiro atoms. The van der Waals surface area contributed by atoms with E-state index in [2.05, 4.69) is 17.2 Å². The molecule has 1 unspecified atom stereocenters. The first kappa shape index (κ1) is 18.2. The number of hydrogen-bond acceptors (Lipinski definition) is 3. The van der Waals surface area contributed by atoms with Crippen LogP contribution in [0.5, 0.6) is 0 Å². The third kappa shape index (κ3) is 3.49. The number of pyridine rings is 1. The number of carbonyl (C=O) groups is 2. The van der Waals surface area contributed by atoms with E-state index in [9.17, 15) is 9.59 Å². The summed E-state index contributed by atoms with van der Waals surface area (Å²) in [5.41, 5.74) is 2.67. The summed E-state index contributed by atoms with van der Waals surface area (Å²) in [6.07, 6.45) is 4.37. The van der Waals surface area contributed by atoms with Crippen molar-refractivity contribution >= 4 is 28.5 Å². The Labute approximate surface area is 154 Å². The molecule has 6 nitrogen and oxygen atoms in total. The second kappa shape index (κ2) is 7.72. The molecule has 6 heteroatoms. The molecule has 0 saturated carbocycles. The molecule has 1 aromatic heterocycles. The second-order valence-corrected chi connectivity index (χ2v) is 6.87. The van der Waals surface area contributed by atoms with Gasteiger partial charge >= 0.3 is 6.03 Å². The van der Waals surface area contributed by atoms with E-state index >= 15 is 0 Å². The number of carbonyl (C=O) groups excluding carboxylic acids is 2. The Morgan fingerprint density at radius 2 is 2.12 bits per heavy atom. The van der Waals surface area contributed by atoms with Crippen LogP contribution in [0.15, 0.2) is 30.5 Å². The van der Waals surface area contributed by atoms with Gasteiger partial charge in [0.05, 0.1) is 11.2 Å². The molecule has 138 valence electrons. The molecule has 1 aliphatic rings. The minimum atomic E-state index is -0.386. The number of nitrogens with zero attached hydrogens (tertiary/aromatic N) is 3. The van der Waals surface area contributed by atoms with Gasteiger partial charge in [0.25, 0.3) is 0 Å². The zero-order valence-corrected chi connectivity index (χ0v) is 15.7. The standard InChI is InChI=1S/C20H26N4O2/c1-4-5-8-17-19(25)23(3)12-13-24(17)20(26)22-16-10-9-14(2)18-15(16)7-6-11-21-18/h6-7,9-11,17H,4-5,8,12-13H2,1-3H3,(H,22,26). The van der Waals surface area contributed by atoms with E-state index in [0.717, 1.165) is 35.0 Å². The summed E-state index contributed by atoms with van der Waals surface area (Å²) in [6.45, 7) is 5.20. The molecule has 0 aliphatic carbocycles. The SMILES string of the molecule is CCCCC1C(=O)N(C)CCN1C(=O)Nc1ccc(C)c2ncccc12. The highest BCUT2D eigenvalue weighted by molar-refractivity contribution is 6.02. The topological polar surface area (TPSA) is 65.5 Å². The average Bonchev–Trinajstić information content (AvgIpc) is 2.65. The maximum Gasteiger partial charge on any atom is 0.322 e. The van der Waals surface area contributed by atoms with Gasteiger partial charge in [-0.15, -0.1) is 0 Å². The highest BCUT2D eigenvalue weighted by Crippen LogP contribution is 2.26. The highest BCUT2D eigenvalue weighted by Gasteiger charge is 2.35. The Morgan fingerprint density at radius 1 is 1.31 bits per heavy atom. The first-order valence-corrected chi connectivity index (χ1v) is 9.20. The molecule has 1 fully saturated rings. The molecule has 1 saturated heterocycles. The van der Waals surface area contributed by atoms with Crippen LogP contribution >= 0.6 is 0 Å². The molecule has 0 bridgehead atoms. The minimum Gasteiger partial charge on any atom is -0.342 e. The van der Waals surface area contributed by atoms with Crippen molar-refractivity contribution in [1.82, 2.24) is 14.8 Å². The smallest absolute Gasteiger partial charge is 0.322 e. The molecule has 0 radical (unpaired) electrons. The number of unbranched alkanes of at least 4 members (excludes halogenated alkanes) is 1. The molecule has 2 aromatic rings. The van der Waals surface area contributed by atoms with E-state index in [1.54, 1.807) is 23.0 Å². The van der Waals surface area contributed by atoms with Crippen LogP contribution in [-0.2, 0) is 4.79 Å². The maximum absolute atomic E-state index is 12.9. The number of piperazine rings is 1. The number of anilines is 1. The van der Waals surface area contributed by atoms with Gasteiger partial charge in [0.1, 0.15) is 6.04 Å². The molecular formula is C20H26N4O2. The van der Waals surface area contributed by atoms with Gasteiger partial charge in [0.15, 0.2) is 0 Å². The van der Waals surface area contributed by atoms with E-state index in [1.807, 2.05) is 31.2 Å². The Kier molecular flexibility index (Phi) is 5.40. The third-order valence-electron chi connectivity index (χ3n) is 5.02. The van der Waals surface area contributed by atoms with Gasteiger partial charge in [-0.3, -0.25) is 9.78 Å². The number of urea groups is 1. The van der Waals surface area contributed by atoms with E-state index in [-0.39, 0.29) is 18.0 Å². The lowest BCUT2D eigenvalue weighted by molar-refractivity contribution is -0.138. The number of nitrogens with one attached hydrogen (secondary N) is 1. The number of benzene rings is 1. The summed E-state index contributed by atoms with van der Waals surface area (Å²) in [4.78, 5) is 33.3. The fourth-order valence-corrected chi connectivity index (χ4v) is 3.44. The van der Waals surface area contributed by atoms with Crippen molar-refractivity contribution in [3.8, 4) is 0 Å². The number of aryl methyl sites for hydroxylation is 1. The van der Waals surface area contributed by atoms with Gasteiger partial charge in [-0.25, -0.2) is 4.79 Å². The van der Waals surface area contributed by atoms with Crippen molar-refractivity contribution in [2.24, 2.45) is 0 Å². The molecule has 26 heavy (non-hydrogen) atoms. The quantitative estimate of drug-likeness (QED) is 0.915. The summed E-state index contributed by atoms with van der Waals surface area (Å²) >= 11 is 0. The van der Waals surface area contributed by atoms with Gasteiger partial charge in [-0.1, -0.05) is 25.8 Å². The number of hydrogen-bond donors (Lipinski definition) is 1.